The zero-order chi connectivity index (χ0) is 12.6. The number of hydrogen-bond donors (Lipinski definition) is 1. The molecule has 0 radical (unpaired) electrons. The number of nitrogens with zero attached hydrogens (tertiary/aromatic N) is 3. The number of thiophene rings is 1. The van der Waals surface area contributed by atoms with E-state index in [1.54, 1.807) is 16.0 Å². The summed E-state index contributed by atoms with van der Waals surface area (Å²) in [6.45, 7) is 0. The maximum absolute atomic E-state index is 4.01. The van der Waals surface area contributed by atoms with Gasteiger partial charge in [-0.25, -0.2) is 4.68 Å². The first-order valence-electron chi connectivity index (χ1n) is 4.71. The molecule has 0 aliphatic heterocycles. The minimum atomic E-state index is 0.0666. The van der Waals surface area contributed by atoms with Gasteiger partial charge in [0.25, 0.3) is 0 Å². The summed E-state index contributed by atoms with van der Waals surface area (Å²) >= 11 is 12.1. The number of aryl methyl sites for hydroxylation is 1. The molecule has 0 aliphatic rings. The topological polar surface area (TPSA) is 42.7 Å². The molecule has 2 aromatic rings. The average molecular weight is 445 g/mol. The van der Waals surface area contributed by atoms with Gasteiger partial charge >= 0.3 is 0 Å². The maximum Gasteiger partial charge on any atom is 0.153 e. The molecule has 0 saturated heterocycles. The molecular weight excluding hydrogens is 436 g/mol. The molecule has 0 amide bonds. The zero-order valence-corrected chi connectivity index (χ0v) is 14.6. The molecule has 8 heteroatoms. The molecule has 17 heavy (non-hydrogen) atoms. The fourth-order valence-electron chi connectivity index (χ4n) is 1.56. The van der Waals surface area contributed by atoms with Crippen LogP contribution in [0.4, 0.5) is 0 Å². The lowest BCUT2D eigenvalue weighted by Gasteiger charge is -2.14. The predicted octanol–water partition coefficient (Wildman–Crippen LogP) is 3.47. The Bertz CT molecular complexity index is 497. The van der Waals surface area contributed by atoms with Gasteiger partial charge in [-0.2, -0.15) is 0 Å². The summed E-state index contributed by atoms with van der Waals surface area (Å²) < 4.78 is 4.68. The van der Waals surface area contributed by atoms with Gasteiger partial charge in [0.1, 0.15) is 0 Å². The second-order valence-electron chi connectivity index (χ2n) is 3.38. The number of hydrogen-bond acceptors (Lipinski definition) is 4. The number of aromatic nitrogens is 3. The standard InChI is InChI=1S/C9H9Br3N4S/c1-13-6(5-3-4(10)9(12)17-5)7-8(11)14-15-16(7)2/h3,6,13H,1-2H3. The Balaban J connectivity index is 2.47. The Morgan fingerprint density at radius 1 is 1.41 bits per heavy atom. The van der Waals surface area contributed by atoms with E-state index in [9.17, 15) is 0 Å². The molecule has 0 saturated carbocycles. The molecule has 0 fully saturated rings. The van der Waals surface area contributed by atoms with E-state index in [4.69, 9.17) is 0 Å². The van der Waals surface area contributed by atoms with Crippen molar-refractivity contribution in [1.82, 2.24) is 20.3 Å². The lowest BCUT2D eigenvalue weighted by Crippen LogP contribution is -2.20. The van der Waals surface area contributed by atoms with Crippen molar-refractivity contribution in [2.75, 3.05) is 7.05 Å². The van der Waals surface area contributed by atoms with Crippen molar-refractivity contribution in [3.05, 3.63) is 29.5 Å². The third-order valence-electron chi connectivity index (χ3n) is 2.34. The van der Waals surface area contributed by atoms with Crippen LogP contribution in [-0.2, 0) is 7.05 Å². The molecule has 2 rings (SSSR count). The highest BCUT2D eigenvalue weighted by Gasteiger charge is 2.22. The van der Waals surface area contributed by atoms with Crippen molar-refractivity contribution in [3.63, 3.8) is 0 Å². The Morgan fingerprint density at radius 2 is 2.12 bits per heavy atom. The first kappa shape index (κ1) is 13.7. The summed E-state index contributed by atoms with van der Waals surface area (Å²) in [5, 5.41) is 11.3. The molecule has 0 spiro atoms. The highest BCUT2D eigenvalue weighted by Crippen LogP contribution is 2.38. The molecule has 1 unspecified atom stereocenters. The van der Waals surface area contributed by atoms with Crippen LogP contribution in [0.15, 0.2) is 18.9 Å². The van der Waals surface area contributed by atoms with E-state index in [1.807, 2.05) is 14.1 Å². The van der Waals surface area contributed by atoms with Crippen LogP contribution in [-0.4, -0.2) is 22.0 Å². The number of rotatable bonds is 3. The third-order valence-corrected chi connectivity index (χ3v) is 6.22. The Morgan fingerprint density at radius 3 is 2.53 bits per heavy atom. The van der Waals surface area contributed by atoms with E-state index in [0.29, 0.717) is 0 Å². The first-order chi connectivity index (χ1) is 8.04. The van der Waals surface area contributed by atoms with Crippen LogP contribution in [0.25, 0.3) is 0 Å². The highest BCUT2D eigenvalue weighted by atomic mass is 79.9. The van der Waals surface area contributed by atoms with Crippen molar-refractivity contribution >= 4 is 59.1 Å². The van der Waals surface area contributed by atoms with Crippen molar-refractivity contribution in [2.45, 2.75) is 6.04 Å². The minimum absolute atomic E-state index is 0.0666. The second-order valence-corrected chi connectivity index (χ2v) is 7.39. The molecule has 92 valence electrons. The van der Waals surface area contributed by atoms with Crippen LogP contribution in [0.1, 0.15) is 16.6 Å². The molecule has 0 aromatic carbocycles. The Kier molecular flexibility index (Phi) is 4.40. The molecule has 4 nitrogen and oxygen atoms in total. The third kappa shape index (κ3) is 2.65. The molecule has 0 aliphatic carbocycles. The van der Waals surface area contributed by atoms with Crippen LogP contribution in [0.5, 0.6) is 0 Å². The van der Waals surface area contributed by atoms with Crippen LogP contribution in [0.2, 0.25) is 0 Å². The lowest BCUT2D eigenvalue weighted by molar-refractivity contribution is 0.603. The van der Waals surface area contributed by atoms with Gasteiger partial charge in [-0.1, -0.05) is 5.21 Å². The fourth-order valence-corrected chi connectivity index (χ4v) is 4.32. The van der Waals surface area contributed by atoms with Crippen molar-refractivity contribution < 1.29 is 0 Å². The average Bonchev–Trinajstić information content (AvgIpc) is 2.77. The fraction of sp³-hybridized carbons (Fsp3) is 0.333. The molecule has 1 N–H and O–H groups in total. The van der Waals surface area contributed by atoms with Gasteiger partial charge in [0.15, 0.2) is 4.60 Å². The molecule has 2 heterocycles. The normalized spacial score (nSPS) is 13.0. The highest BCUT2D eigenvalue weighted by molar-refractivity contribution is 9.13. The second kappa shape index (κ2) is 5.48. The summed E-state index contributed by atoms with van der Waals surface area (Å²) in [6.07, 6.45) is 0. The van der Waals surface area contributed by atoms with E-state index in [0.717, 1.165) is 18.6 Å². The van der Waals surface area contributed by atoms with E-state index in [2.05, 4.69) is 69.5 Å². The Labute approximate surface area is 128 Å². The van der Waals surface area contributed by atoms with Crippen LogP contribution in [0, 0.1) is 0 Å². The van der Waals surface area contributed by atoms with Gasteiger partial charge in [-0.05, 0) is 60.9 Å². The Hall–Kier alpha value is 0.240. The molecular formula is C9H9Br3N4S. The lowest BCUT2D eigenvalue weighted by atomic mass is 10.2. The minimum Gasteiger partial charge on any atom is -0.307 e. The molecule has 1 atom stereocenters. The zero-order valence-electron chi connectivity index (χ0n) is 9.04. The van der Waals surface area contributed by atoms with Gasteiger partial charge in [-0.15, -0.1) is 16.4 Å². The van der Waals surface area contributed by atoms with E-state index in [-0.39, 0.29) is 6.04 Å². The van der Waals surface area contributed by atoms with E-state index < -0.39 is 0 Å². The van der Waals surface area contributed by atoms with E-state index in [1.165, 1.54) is 4.88 Å². The van der Waals surface area contributed by atoms with Crippen molar-refractivity contribution in [2.24, 2.45) is 7.05 Å². The van der Waals surface area contributed by atoms with Crippen molar-refractivity contribution in [1.29, 1.82) is 0 Å². The van der Waals surface area contributed by atoms with Gasteiger partial charge < -0.3 is 5.32 Å². The first-order valence-corrected chi connectivity index (χ1v) is 7.91. The van der Waals surface area contributed by atoms with Crippen LogP contribution >= 0.6 is 59.1 Å². The number of halogens is 3. The predicted molar refractivity (Wildman–Crippen MR) is 79.3 cm³/mol. The molecule has 0 bridgehead atoms. The summed E-state index contributed by atoms with van der Waals surface area (Å²) in [6, 6.07) is 2.16. The SMILES string of the molecule is CNC(c1cc(Br)c(Br)s1)c1c(Br)nnn1C. The van der Waals surface area contributed by atoms with Gasteiger partial charge in [0.2, 0.25) is 0 Å². The molecule has 2 aromatic heterocycles. The summed E-state index contributed by atoms with van der Waals surface area (Å²) in [4.78, 5) is 1.19. The smallest absolute Gasteiger partial charge is 0.153 e. The summed E-state index contributed by atoms with van der Waals surface area (Å²) in [5.41, 5.74) is 1.01. The van der Waals surface area contributed by atoms with E-state index >= 15 is 0 Å². The monoisotopic (exact) mass is 442 g/mol. The quantitative estimate of drug-likeness (QED) is 0.788. The van der Waals surface area contributed by atoms with Crippen LogP contribution < -0.4 is 5.32 Å². The van der Waals surface area contributed by atoms with Crippen molar-refractivity contribution in [3.8, 4) is 0 Å². The van der Waals surface area contributed by atoms with Gasteiger partial charge in [0, 0.05) is 16.4 Å². The van der Waals surface area contributed by atoms with Crippen LogP contribution in [0.3, 0.4) is 0 Å². The maximum atomic E-state index is 4.01. The summed E-state index contributed by atoms with van der Waals surface area (Å²) in [5.74, 6) is 0. The van der Waals surface area contributed by atoms with Gasteiger partial charge in [0.05, 0.1) is 15.5 Å². The summed E-state index contributed by atoms with van der Waals surface area (Å²) in [7, 11) is 3.81. The largest absolute Gasteiger partial charge is 0.307 e. The van der Waals surface area contributed by atoms with Gasteiger partial charge in [-0.3, -0.25) is 0 Å². The number of nitrogens with one attached hydrogen (secondary N) is 1.